The normalized spacial score (nSPS) is 12.7. The molecular weight excluding hydrogens is 600 g/mol. The fourth-order valence-corrected chi connectivity index (χ4v) is 5.58. The van der Waals surface area contributed by atoms with Crippen molar-refractivity contribution >= 4 is 87.7 Å². The van der Waals surface area contributed by atoms with Gasteiger partial charge in [-0.2, -0.15) is 0 Å². The maximum absolute atomic E-state index is 13.6. The number of benzene rings is 3. The van der Waals surface area contributed by atoms with Gasteiger partial charge in [0.15, 0.2) is 0 Å². The summed E-state index contributed by atoms with van der Waals surface area (Å²) < 4.78 is 16.7. The van der Waals surface area contributed by atoms with Gasteiger partial charge in [-0.1, -0.05) is 31.9 Å². The molecule has 0 unspecified atom stereocenters. The van der Waals surface area contributed by atoms with Crippen molar-refractivity contribution < 1.29 is 19.1 Å². The molecule has 0 amide bonds. The third-order valence-electron chi connectivity index (χ3n) is 6.09. The molecule has 0 N–H and O–H groups in total. The molecule has 192 valence electrons. The second-order valence-corrected chi connectivity index (χ2v) is 13.1. The van der Waals surface area contributed by atoms with Crippen molar-refractivity contribution in [3.63, 3.8) is 0 Å². The molecule has 2 heterocycles. The van der Waals surface area contributed by atoms with E-state index in [0.29, 0.717) is 11.0 Å². The van der Waals surface area contributed by atoms with Crippen LogP contribution in [0.15, 0.2) is 51.4 Å². The molecule has 37 heavy (non-hydrogen) atoms. The molecule has 5 rings (SSSR count). The van der Waals surface area contributed by atoms with Gasteiger partial charge in [0.25, 0.3) is 0 Å². The van der Waals surface area contributed by atoms with Crippen molar-refractivity contribution in [1.29, 1.82) is 0 Å². The van der Waals surface area contributed by atoms with Crippen LogP contribution in [-0.2, 0) is 9.47 Å². The molecule has 3 aromatic carbocycles. The number of halogens is 2. The Morgan fingerprint density at radius 1 is 0.649 bits per heavy atom. The summed E-state index contributed by atoms with van der Waals surface area (Å²) >= 11 is 7.17. The average Bonchev–Trinajstić information content (AvgIpc) is 3.25. The van der Waals surface area contributed by atoms with Gasteiger partial charge in [-0.15, -0.1) is 0 Å². The highest BCUT2D eigenvalue weighted by Gasteiger charge is 2.28. The number of aryl methyl sites for hydroxylation is 1. The number of aromatic nitrogens is 2. The number of fused-ring (bicyclic) bond motifs is 6. The van der Waals surface area contributed by atoms with Crippen LogP contribution in [0.5, 0.6) is 0 Å². The number of carbonyl (C=O) groups excluding carboxylic acids is 2. The van der Waals surface area contributed by atoms with Crippen LogP contribution in [0, 0.1) is 6.92 Å². The number of hydrogen-bond donors (Lipinski definition) is 0. The predicted octanol–water partition coefficient (Wildman–Crippen LogP) is 9.30. The lowest BCUT2D eigenvalue weighted by atomic mass is 10.0. The number of hydrogen-bond acceptors (Lipinski definition) is 4. The van der Waals surface area contributed by atoms with E-state index in [4.69, 9.17) is 9.47 Å². The van der Waals surface area contributed by atoms with Gasteiger partial charge in [0.2, 0.25) is 0 Å². The highest BCUT2D eigenvalue weighted by molar-refractivity contribution is 9.10. The van der Waals surface area contributed by atoms with Crippen LogP contribution in [0.2, 0.25) is 0 Å². The summed E-state index contributed by atoms with van der Waals surface area (Å²) in [6.45, 7) is 13.0. The number of carbonyl (C=O) groups is 2. The molecule has 0 atom stereocenters. The first-order chi connectivity index (χ1) is 17.2. The quantitative estimate of drug-likeness (QED) is 0.172. The monoisotopic (exact) mass is 626 g/mol. The number of nitrogens with zero attached hydrogens (tertiary/aromatic N) is 2. The molecule has 6 nitrogen and oxygen atoms in total. The molecule has 0 saturated heterocycles. The summed E-state index contributed by atoms with van der Waals surface area (Å²) in [6, 6.07) is 13.7. The molecule has 0 spiro atoms. The van der Waals surface area contributed by atoms with E-state index >= 15 is 0 Å². The molecule has 2 aromatic heterocycles. The largest absolute Gasteiger partial charge is 0.443 e. The fraction of sp³-hybridized carbons (Fsp3) is 0.310. The third-order valence-corrected chi connectivity index (χ3v) is 7.07. The zero-order valence-corrected chi connectivity index (χ0v) is 25.0. The SMILES string of the molecule is Cc1c2c(cc3c4cc(Br)ccc4n(C(=O)OC(C)(C)C)c13)c1cc(Br)ccc1n2C(=O)OC(C)(C)C. The molecule has 0 saturated carbocycles. The van der Waals surface area contributed by atoms with E-state index in [1.807, 2.05) is 84.9 Å². The van der Waals surface area contributed by atoms with Gasteiger partial charge in [-0.25, -0.2) is 18.7 Å². The van der Waals surface area contributed by atoms with E-state index in [1.54, 1.807) is 9.13 Å². The van der Waals surface area contributed by atoms with E-state index < -0.39 is 23.4 Å². The Balaban J connectivity index is 1.98. The summed E-state index contributed by atoms with van der Waals surface area (Å²) in [5.41, 5.74) is 2.29. The van der Waals surface area contributed by atoms with E-state index in [0.717, 1.165) is 47.1 Å². The minimum Gasteiger partial charge on any atom is -0.443 e. The molecule has 0 aliphatic heterocycles. The maximum atomic E-state index is 13.6. The second-order valence-electron chi connectivity index (χ2n) is 11.2. The van der Waals surface area contributed by atoms with Crippen molar-refractivity contribution in [3.8, 4) is 0 Å². The van der Waals surface area contributed by atoms with Crippen LogP contribution < -0.4 is 0 Å². The van der Waals surface area contributed by atoms with Crippen LogP contribution >= 0.6 is 31.9 Å². The molecule has 5 aromatic rings. The van der Waals surface area contributed by atoms with Gasteiger partial charge < -0.3 is 9.47 Å². The van der Waals surface area contributed by atoms with E-state index in [9.17, 15) is 9.59 Å². The van der Waals surface area contributed by atoms with Gasteiger partial charge in [-0.05, 0) is 96.5 Å². The van der Waals surface area contributed by atoms with Crippen LogP contribution in [0.25, 0.3) is 43.6 Å². The Hall–Kier alpha value is -2.84. The minimum atomic E-state index is -0.676. The highest BCUT2D eigenvalue weighted by Crippen LogP contribution is 2.41. The molecule has 8 heteroatoms. The Morgan fingerprint density at radius 3 is 1.38 bits per heavy atom. The first-order valence-electron chi connectivity index (χ1n) is 12.0. The van der Waals surface area contributed by atoms with Gasteiger partial charge in [-0.3, -0.25) is 0 Å². The van der Waals surface area contributed by atoms with Crippen LogP contribution in [0.1, 0.15) is 47.1 Å². The van der Waals surface area contributed by atoms with E-state index in [1.165, 1.54) is 0 Å². The van der Waals surface area contributed by atoms with Crippen molar-refractivity contribution in [2.24, 2.45) is 0 Å². The minimum absolute atomic E-state index is 0.472. The van der Waals surface area contributed by atoms with Crippen molar-refractivity contribution in [3.05, 3.63) is 57.0 Å². The zero-order valence-electron chi connectivity index (χ0n) is 21.8. The molecular formula is C29H28Br2N2O4. The smallest absolute Gasteiger partial charge is 0.419 e. The second kappa shape index (κ2) is 8.60. The third kappa shape index (κ3) is 4.44. The summed E-state index contributed by atoms with van der Waals surface area (Å²) in [6.07, 6.45) is -0.945. The van der Waals surface area contributed by atoms with Crippen molar-refractivity contribution in [2.45, 2.75) is 59.7 Å². The van der Waals surface area contributed by atoms with Gasteiger partial charge in [0.05, 0.1) is 22.1 Å². The van der Waals surface area contributed by atoms with Crippen LogP contribution in [0.3, 0.4) is 0 Å². The Bertz CT molecular complexity index is 1640. The van der Waals surface area contributed by atoms with Crippen LogP contribution in [-0.4, -0.2) is 32.5 Å². The molecule has 0 radical (unpaired) electrons. The summed E-state index contributed by atoms with van der Waals surface area (Å²) in [4.78, 5) is 27.1. The van der Waals surface area contributed by atoms with Gasteiger partial charge in [0.1, 0.15) is 11.2 Å². The number of ether oxygens (including phenoxy) is 2. The molecule has 0 bridgehead atoms. The Labute approximate surface area is 231 Å². The molecule has 0 aliphatic carbocycles. The van der Waals surface area contributed by atoms with Crippen molar-refractivity contribution in [2.75, 3.05) is 0 Å². The zero-order chi connectivity index (χ0) is 27.0. The van der Waals surface area contributed by atoms with Gasteiger partial charge >= 0.3 is 12.2 Å². The predicted molar refractivity (Wildman–Crippen MR) is 156 cm³/mol. The lowest BCUT2D eigenvalue weighted by molar-refractivity contribution is 0.0541. The average molecular weight is 628 g/mol. The standard InChI is InChI=1S/C29H28Br2N2O4/c1-15-24-20(18-12-16(30)8-10-22(18)32(24)26(34)36-28(2,3)4)14-21-19-13-17(31)9-11-23(19)33(25(15)21)27(35)37-29(5,6)7/h8-14H,1-7H3. The van der Waals surface area contributed by atoms with Crippen LogP contribution in [0.4, 0.5) is 9.59 Å². The maximum Gasteiger partial charge on any atom is 0.419 e. The first kappa shape index (κ1) is 25.8. The lowest BCUT2D eigenvalue weighted by Crippen LogP contribution is -2.27. The highest BCUT2D eigenvalue weighted by atomic mass is 79.9. The summed E-state index contributed by atoms with van der Waals surface area (Å²) in [5, 5.41) is 3.62. The van der Waals surface area contributed by atoms with E-state index in [-0.39, 0.29) is 0 Å². The fourth-order valence-electron chi connectivity index (χ4n) is 4.86. The summed E-state index contributed by atoms with van der Waals surface area (Å²) in [7, 11) is 0. The lowest BCUT2D eigenvalue weighted by Gasteiger charge is -2.21. The Kier molecular flexibility index (Phi) is 5.99. The number of rotatable bonds is 0. The van der Waals surface area contributed by atoms with Gasteiger partial charge in [0, 0.05) is 30.5 Å². The summed E-state index contributed by atoms with van der Waals surface area (Å²) in [5.74, 6) is 0. The molecule has 0 fully saturated rings. The topological polar surface area (TPSA) is 62.5 Å². The van der Waals surface area contributed by atoms with Crippen molar-refractivity contribution in [1.82, 2.24) is 9.13 Å². The Morgan fingerprint density at radius 2 is 1.03 bits per heavy atom. The first-order valence-corrected chi connectivity index (χ1v) is 13.6. The van der Waals surface area contributed by atoms with E-state index in [2.05, 4.69) is 37.9 Å². The molecule has 0 aliphatic rings.